The molecule has 2 aromatic rings. The second-order valence-electron chi connectivity index (χ2n) is 5.20. The highest BCUT2D eigenvalue weighted by atomic mass is 16.5. The number of nitrogens with one attached hydrogen (secondary N) is 1. The van der Waals surface area contributed by atoms with Crippen LogP contribution < -0.4 is 10.1 Å². The molecule has 0 heterocycles. The summed E-state index contributed by atoms with van der Waals surface area (Å²) in [5, 5.41) is 6.18. The van der Waals surface area contributed by atoms with E-state index in [0.717, 1.165) is 25.1 Å². The fourth-order valence-corrected chi connectivity index (χ4v) is 2.75. The minimum Gasteiger partial charge on any atom is -0.496 e. The lowest BCUT2D eigenvalue weighted by atomic mass is 9.95. The normalized spacial score (nSPS) is 12.6. The molecule has 1 unspecified atom stereocenters. The van der Waals surface area contributed by atoms with Crippen LogP contribution in [-0.4, -0.2) is 13.7 Å². The third kappa shape index (κ3) is 3.13. The van der Waals surface area contributed by atoms with Crippen molar-refractivity contribution in [3.05, 3.63) is 42.0 Å². The minimum atomic E-state index is 0.427. The first-order valence-corrected chi connectivity index (χ1v) is 7.60. The maximum atomic E-state index is 5.48. The van der Waals surface area contributed by atoms with Gasteiger partial charge < -0.3 is 10.1 Å². The van der Waals surface area contributed by atoms with Gasteiger partial charge in [0.25, 0.3) is 0 Å². The average molecular weight is 271 g/mol. The van der Waals surface area contributed by atoms with Crippen LogP contribution in [-0.2, 0) is 0 Å². The Kier molecular flexibility index (Phi) is 5.42. The van der Waals surface area contributed by atoms with Crippen LogP contribution in [0.25, 0.3) is 10.8 Å². The average Bonchev–Trinajstić information content (AvgIpc) is 2.50. The monoisotopic (exact) mass is 271 g/mol. The van der Waals surface area contributed by atoms with Crippen molar-refractivity contribution < 1.29 is 4.74 Å². The zero-order valence-corrected chi connectivity index (χ0v) is 12.8. The molecule has 2 heteroatoms. The summed E-state index contributed by atoms with van der Waals surface area (Å²) in [5.74, 6) is 0.954. The number of methoxy groups -OCH3 is 1. The highest BCUT2D eigenvalue weighted by molar-refractivity contribution is 5.91. The van der Waals surface area contributed by atoms with Crippen molar-refractivity contribution in [2.75, 3.05) is 13.7 Å². The first-order valence-electron chi connectivity index (χ1n) is 7.60. The molecule has 0 aliphatic carbocycles. The molecule has 0 fully saturated rings. The van der Waals surface area contributed by atoms with E-state index in [-0.39, 0.29) is 0 Å². The lowest BCUT2D eigenvalue weighted by Crippen LogP contribution is -2.22. The summed E-state index contributed by atoms with van der Waals surface area (Å²) in [5.41, 5.74) is 1.39. The number of benzene rings is 2. The molecular formula is C18H25NO. The van der Waals surface area contributed by atoms with E-state index in [0.29, 0.717) is 6.04 Å². The summed E-state index contributed by atoms with van der Waals surface area (Å²) in [6.07, 6.45) is 3.51. The molecule has 0 aliphatic rings. The maximum absolute atomic E-state index is 5.48. The Morgan fingerprint density at radius 1 is 1.00 bits per heavy atom. The molecule has 0 bridgehead atoms. The Balaban J connectivity index is 2.46. The zero-order chi connectivity index (χ0) is 14.4. The van der Waals surface area contributed by atoms with E-state index in [1.165, 1.54) is 22.8 Å². The Hall–Kier alpha value is -1.54. The number of hydrogen-bond acceptors (Lipinski definition) is 2. The van der Waals surface area contributed by atoms with Crippen molar-refractivity contribution >= 4 is 10.8 Å². The van der Waals surface area contributed by atoms with Crippen LogP contribution in [0.4, 0.5) is 0 Å². The Morgan fingerprint density at radius 2 is 1.75 bits per heavy atom. The van der Waals surface area contributed by atoms with Crippen LogP contribution in [0.5, 0.6) is 5.75 Å². The Bertz CT molecular complexity index is 550. The van der Waals surface area contributed by atoms with Gasteiger partial charge >= 0.3 is 0 Å². The van der Waals surface area contributed by atoms with Gasteiger partial charge in [0.15, 0.2) is 0 Å². The molecule has 0 aliphatic heterocycles. The van der Waals surface area contributed by atoms with E-state index < -0.39 is 0 Å². The largest absolute Gasteiger partial charge is 0.496 e. The molecule has 2 nitrogen and oxygen atoms in total. The van der Waals surface area contributed by atoms with Gasteiger partial charge in [-0.15, -0.1) is 0 Å². The van der Waals surface area contributed by atoms with E-state index >= 15 is 0 Å². The van der Waals surface area contributed by atoms with Gasteiger partial charge in [-0.05, 0) is 36.4 Å². The molecule has 0 radical (unpaired) electrons. The molecule has 0 spiro atoms. The number of rotatable bonds is 7. The van der Waals surface area contributed by atoms with Crippen molar-refractivity contribution in [2.24, 2.45) is 0 Å². The summed E-state index contributed by atoms with van der Waals surface area (Å²) < 4.78 is 5.48. The van der Waals surface area contributed by atoms with Crippen LogP contribution in [0.2, 0.25) is 0 Å². The van der Waals surface area contributed by atoms with Crippen molar-refractivity contribution in [3.8, 4) is 5.75 Å². The number of fused-ring (bicyclic) bond motifs is 1. The first kappa shape index (κ1) is 14.9. The number of ether oxygens (including phenoxy) is 1. The number of hydrogen-bond donors (Lipinski definition) is 1. The van der Waals surface area contributed by atoms with Crippen molar-refractivity contribution in [1.82, 2.24) is 5.32 Å². The summed E-state index contributed by atoms with van der Waals surface area (Å²) in [6.45, 7) is 5.51. The highest BCUT2D eigenvalue weighted by Crippen LogP contribution is 2.33. The van der Waals surface area contributed by atoms with E-state index in [4.69, 9.17) is 4.74 Å². The quantitative estimate of drug-likeness (QED) is 0.789. The first-order chi connectivity index (χ1) is 9.81. The second kappa shape index (κ2) is 7.30. The molecule has 0 aromatic heterocycles. The van der Waals surface area contributed by atoms with Gasteiger partial charge in [-0.1, -0.05) is 50.6 Å². The second-order valence-corrected chi connectivity index (χ2v) is 5.20. The highest BCUT2D eigenvalue weighted by Gasteiger charge is 2.14. The van der Waals surface area contributed by atoms with Crippen molar-refractivity contribution in [2.45, 2.75) is 39.2 Å². The third-order valence-corrected chi connectivity index (χ3v) is 3.73. The Morgan fingerprint density at radius 3 is 2.40 bits per heavy atom. The van der Waals surface area contributed by atoms with Crippen LogP contribution in [0.3, 0.4) is 0 Å². The van der Waals surface area contributed by atoms with Gasteiger partial charge in [0.1, 0.15) is 5.75 Å². The summed E-state index contributed by atoms with van der Waals surface area (Å²) in [7, 11) is 1.74. The zero-order valence-electron chi connectivity index (χ0n) is 12.8. The lowest BCUT2D eigenvalue weighted by Gasteiger charge is -2.21. The van der Waals surface area contributed by atoms with Crippen LogP contribution >= 0.6 is 0 Å². The summed E-state index contributed by atoms with van der Waals surface area (Å²) in [4.78, 5) is 0. The molecular weight excluding hydrogens is 246 g/mol. The molecule has 1 atom stereocenters. The van der Waals surface area contributed by atoms with Crippen LogP contribution in [0.15, 0.2) is 36.4 Å². The maximum Gasteiger partial charge on any atom is 0.126 e. The fraction of sp³-hybridized carbons (Fsp3) is 0.444. The standard InChI is InChI=1S/C18H25NO/c1-4-8-17(19-13-5-2)15-11-12-18(20-3)16-10-7-6-9-14(15)16/h6-7,9-12,17,19H,4-5,8,13H2,1-3H3. The predicted molar refractivity (Wildman–Crippen MR) is 86.4 cm³/mol. The van der Waals surface area contributed by atoms with Crippen molar-refractivity contribution in [3.63, 3.8) is 0 Å². The molecule has 2 aromatic carbocycles. The molecule has 20 heavy (non-hydrogen) atoms. The van der Waals surface area contributed by atoms with E-state index in [1.54, 1.807) is 7.11 Å². The fourth-order valence-electron chi connectivity index (χ4n) is 2.75. The molecule has 0 saturated heterocycles. The Labute approximate surface area is 122 Å². The minimum absolute atomic E-state index is 0.427. The SMILES string of the molecule is CCCNC(CCC)c1ccc(OC)c2ccccc12. The molecule has 0 amide bonds. The van der Waals surface area contributed by atoms with E-state index in [1.807, 2.05) is 0 Å². The van der Waals surface area contributed by atoms with E-state index in [9.17, 15) is 0 Å². The molecule has 1 N–H and O–H groups in total. The van der Waals surface area contributed by atoms with Gasteiger partial charge in [0, 0.05) is 11.4 Å². The summed E-state index contributed by atoms with van der Waals surface area (Å²) >= 11 is 0. The van der Waals surface area contributed by atoms with Crippen LogP contribution in [0, 0.1) is 0 Å². The molecule has 0 saturated carbocycles. The van der Waals surface area contributed by atoms with Gasteiger partial charge in [-0.3, -0.25) is 0 Å². The smallest absolute Gasteiger partial charge is 0.126 e. The van der Waals surface area contributed by atoms with Gasteiger partial charge in [0.2, 0.25) is 0 Å². The lowest BCUT2D eigenvalue weighted by molar-refractivity contribution is 0.419. The molecule has 2 rings (SSSR count). The van der Waals surface area contributed by atoms with Gasteiger partial charge in [0.05, 0.1) is 7.11 Å². The third-order valence-electron chi connectivity index (χ3n) is 3.73. The van der Waals surface area contributed by atoms with Crippen molar-refractivity contribution in [1.29, 1.82) is 0 Å². The topological polar surface area (TPSA) is 21.3 Å². The van der Waals surface area contributed by atoms with Crippen LogP contribution in [0.1, 0.15) is 44.7 Å². The van der Waals surface area contributed by atoms with Gasteiger partial charge in [-0.25, -0.2) is 0 Å². The van der Waals surface area contributed by atoms with E-state index in [2.05, 4.69) is 55.6 Å². The summed E-state index contributed by atoms with van der Waals surface area (Å²) in [6, 6.07) is 13.2. The van der Waals surface area contributed by atoms with Gasteiger partial charge in [-0.2, -0.15) is 0 Å². The molecule has 108 valence electrons. The predicted octanol–water partition coefficient (Wildman–Crippen LogP) is 4.69.